The Morgan fingerprint density at radius 3 is 2.58 bits per heavy atom. The Hall–Kier alpha value is -2.30. The Morgan fingerprint density at radius 2 is 1.94 bits per heavy atom. The van der Waals surface area contributed by atoms with Crippen LogP contribution in [-0.4, -0.2) is 33.3 Å². The summed E-state index contributed by atoms with van der Waals surface area (Å²) < 4.78 is 46.9. The van der Waals surface area contributed by atoms with Gasteiger partial charge < -0.3 is 18.8 Å². The molecule has 0 saturated heterocycles. The quantitative estimate of drug-likeness (QED) is 0.558. The maximum absolute atomic E-state index is 13.2. The fraction of sp³-hybridized carbons (Fsp3) is 0.429. The molecule has 0 aliphatic carbocycles. The lowest BCUT2D eigenvalue weighted by Crippen LogP contribution is -2.35. The van der Waals surface area contributed by atoms with Crippen molar-refractivity contribution in [1.82, 2.24) is 14.5 Å². The van der Waals surface area contributed by atoms with Gasteiger partial charge in [0.05, 0.1) is 20.3 Å². The summed E-state index contributed by atoms with van der Waals surface area (Å²) in [6.45, 7) is 4.98. The molecule has 0 saturated carbocycles. The van der Waals surface area contributed by atoms with Crippen molar-refractivity contribution < 1.29 is 22.5 Å². The maximum atomic E-state index is 13.2. The van der Waals surface area contributed by atoms with Crippen LogP contribution in [0.1, 0.15) is 37.2 Å². The molecule has 0 radical (unpaired) electrons. The van der Waals surface area contributed by atoms with E-state index in [0.29, 0.717) is 19.6 Å². The van der Waals surface area contributed by atoms with Crippen LogP contribution in [0.5, 0.6) is 0 Å². The SMILES string of the molecule is CCC.COSc1ccc2cc3n(c2c1)CCN(c1ncc(CO)c(C(F)(F)F)n1)C3. The molecule has 1 aromatic carbocycles. The number of nitrogens with zero attached hydrogens (tertiary/aromatic N) is 4. The van der Waals surface area contributed by atoms with Crippen molar-refractivity contribution in [2.24, 2.45) is 0 Å². The number of hydrogen-bond donors (Lipinski definition) is 1. The Kier molecular flexibility index (Phi) is 7.45. The van der Waals surface area contributed by atoms with Crippen LogP contribution in [0.25, 0.3) is 10.9 Å². The smallest absolute Gasteiger partial charge is 0.392 e. The molecule has 1 aliphatic rings. The summed E-state index contributed by atoms with van der Waals surface area (Å²) in [5.41, 5.74) is 0.617. The Bertz CT molecular complexity index is 1040. The van der Waals surface area contributed by atoms with E-state index in [1.54, 1.807) is 12.0 Å². The van der Waals surface area contributed by atoms with E-state index in [1.165, 1.54) is 18.5 Å². The van der Waals surface area contributed by atoms with Crippen LogP contribution in [-0.2, 0) is 30.1 Å². The van der Waals surface area contributed by atoms with Gasteiger partial charge in [-0.05, 0) is 18.2 Å². The van der Waals surface area contributed by atoms with Gasteiger partial charge in [0.1, 0.15) is 0 Å². The zero-order valence-electron chi connectivity index (χ0n) is 17.6. The van der Waals surface area contributed by atoms with E-state index in [2.05, 4.69) is 28.4 Å². The summed E-state index contributed by atoms with van der Waals surface area (Å²) in [7, 11) is 1.61. The third-order valence-corrected chi connectivity index (χ3v) is 5.27. The van der Waals surface area contributed by atoms with Crippen LogP contribution in [0.3, 0.4) is 0 Å². The number of rotatable bonds is 4. The van der Waals surface area contributed by atoms with Crippen molar-refractivity contribution in [3.63, 3.8) is 0 Å². The van der Waals surface area contributed by atoms with Crippen molar-refractivity contribution in [1.29, 1.82) is 0 Å². The second-order valence-electron chi connectivity index (χ2n) is 7.09. The van der Waals surface area contributed by atoms with Crippen LogP contribution in [0.2, 0.25) is 0 Å². The fourth-order valence-electron chi connectivity index (χ4n) is 3.41. The second kappa shape index (κ2) is 9.88. The van der Waals surface area contributed by atoms with Gasteiger partial charge in [0.15, 0.2) is 5.69 Å². The lowest BCUT2D eigenvalue weighted by molar-refractivity contribution is -0.142. The first kappa shape index (κ1) is 23.4. The molecule has 0 fully saturated rings. The second-order valence-corrected chi connectivity index (χ2v) is 8.06. The summed E-state index contributed by atoms with van der Waals surface area (Å²) in [5, 5.41) is 10.2. The van der Waals surface area contributed by atoms with Gasteiger partial charge in [-0.1, -0.05) is 26.3 Å². The van der Waals surface area contributed by atoms with Gasteiger partial charge in [0, 0.05) is 58.4 Å². The first-order valence-electron chi connectivity index (χ1n) is 9.94. The van der Waals surface area contributed by atoms with Crippen LogP contribution >= 0.6 is 12.0 Å². The lowest BCUT2D eigenvalue weighted by Gasteiger charge is -2.29. The van der Waals surface area contributed by atoms with Gasteiger partial charge in [0.2, 0.25) is 5.95 Å². The van der Waals surface area contributed by atoms with E-state index < -0.39 is 18.5 Å². The molecule has 1 aliphatic heterocycles. The van der Waals surface area contributed by atoms with Gasteiger partial charge in [0.25, 0.3) is 0 Å². The zero-order valence-corrected chi connectivity index (χ0v) is 18.4. The topological polar surface area (TPSA) is 63.4 Å². The average molecular weight is 455 g/mol. The summed E-state index contributed by atoms with van der Waals surface area (Å²) in [5.74, 6) is 0.0108. The number of benzene rings is 1. The number of aliphatic hydroxyl groups is 1. The zero-order chi connectivity index (χ0) is 22.6. The van der Waals surface area contributed by atoms with Crippen LogP contribution in [0, 0.1) is 0 Å². The number of fused-ring (bicyclic) bond motifs is 3. The number of halogens is 3. The highest BCUT2D eigenvalue weighted by atomic mass is 32.2. The molecule has 10 heteroatoms. The van der Waals surface area contributed by atoms with E-state index in [0.717, 1.165) is 27.7 Å². The van der Waals surface area contributed by atoms with Gasteiger partial charge in [-0.3, -0.25) is 0 Å². The van der Waals surface area contributed by atoms with Crippen molar-refractivity contribution in [3.05, 3.63) is 47.4 Å². The number of hydrogen-bond acceptors (Lipinski definition) is 6. The van der Waals surface area contributed by atoms with E-state index in [1.807, 2.05) is 24.3 Å². The first-order chi connectivity index (χ1) is 14.8. The van der Waals surface area contributed by atoms with E-state index in [4.69, 9.17) is 9.29 Å². The van der Waals surface area contributed by atoms with Crippen LogP contribution in [0.15, 0.2) is 35.4 Å². The molecule has 31 heavy (non-hydrogen) atoms. The summed E-state index contributed by atoms with van der Waals surface area (Å²) in [6, 6.07) is 8.03. The minimum atomic E-state index is -4.64. The summed E-state index contributed by atoms with van der Waals surface area (Å²) in [6.07, 6.45) is -2.35. The molecule has 3 heterocycles. The minimum absolute atomic E-state index is 0.0108. The molecule has 4 rings (SSSR count). The molecule has 0 amide bonds. The highest BCUT2D eigenvalue weighted by molar-refractivity contribution is 7.94. The molecular weight excluding hydrogens is 429 g/mol. The van der Waals surface area contributed by atoms with Gasteiger partial charge >= 0.3 is 6.18 Å². The molecule has 0 spiro atoms. The molecule has 0 unspecified atom stereocenters. The lowest BCUT2D eigenvalue weighted by atomic mass is 10.2. The summed E-state index contributed by atoms with van der Waals surface area (Å²) in [4.78, 5) is 10.4. The Balaban J connectivity index is 0.000000858. The van der Waals surface area contributed by atoms with Crippen LogP contribution < -0.4 is 4.90 Å². The van der Waals surface area contributed by atoms with Gasteiger partial charge in [-0.15, -0.1) is 0 Å². The number of alkyl halides is 3. The fourth-order valence-corrected chi connectivity index (χ4v) is 3.89. The highest BCUT2D eigenvalue weighted by Crippen LogP contribution is 2.33. The molecule has 2 aromatic heterocycles. The molecule has 0 atom stereocenters. The largest absolute Gasteiger partial charge is 0.433 e. The van der Waals surface area contributed by atoms with Crippen molar-refractivity contribution in [2.75, 3.05) is 18.6 Å². The molecule has 0 bridgehead atoms. The third kappa shape index (κ3) is 5.13. The van der Waals surface area contributed by atoms with Gasteiger partial charge in [-0.25, -0.2) is 9.97 Å². The molecule has 168 valence electrons. The first-order valence-corrected chi connectivity index (χ1v) is 10.7. The number of aliphatic hydroxyl groups excluding tert-OH is 1. The van der Waals surface area contributed by atoms with E-state index >= 15 is 0 Å². The molecular formula is C21H25F3N4O2S. The van der Waals surface area contributed by atoms with Crippen molar-refractivity contribution >= 4 is 28.9 Å². The van der Waals surface area contributed by atoms with Crippen molar-refractivity contribution in [3.8, 4) is 0 Å². The highest BCUT2D eigenvalue weighted by Gasteiger charge is 2.36. The molecule has 6 nitrogen and oxygen atoms in total. The van der Waals surface area contributed by atoms with Crippen LogP contribution in [0.4, 0.5) is 19.1 Å². The Labute approximate surface area is 183 Å². The standard InChI is InChI=1S/C18H17F3N4O2S.C3H8/c1-27-28-14-3-2-11-6-13-9-24(4-5-25(13)15(11)7-14)17-22-8-12(10-26)16(23-17)18(19,20)21;1-3-2/h2-3,6-8,26H,4-5,9-10H2,1H3;3H2,1-2H3. The predicted octanol–water partition coefficient (Wildman–Crippen LogP) is 5.03. The maximum Gasteiger partial charge on any atom is 0.433 e. The van der Waals surface area contributed by atoms with Gasteiger partial charge in [-0.2, -0.15) is 13.2 Å². The normalized spacial score (nSPS) is 13.7. The minimum Gasteiger partial charge on any atom is -0.392 e. The monoisotopic (exact) mass is 454 g/mol. The molecule has 3 aromatic rings. The number of aromatic nitrogens is 3. The third-order valence-electron chi connectivity index (χ3n) is 4.66. The van der Waals surface area contributed by atoms with Crippen molar-refractivity contribution in [2.45, 2.75) is 51.0 Å². The average Bonchev–Trinajstić information content (AvgIpc) is 3.10. The Morgan fingerprint density at radius 1 is 1.19 bits per heavy atom. The summed E-state index contributed by atoms with van der Waals surface area (Å²) >= 11 is 1.28. The predicted molar refractivity (Wildman–Crippen MR) is 115 cm³/mol. The van der Waals surface area contributed by atoms with E-state index in [-0.39, 0.29) is 11.5 Å². The van der Waals surface area contributed by atoms with E-state index in [9.17, 15) is 13.2 Å². The molecule has 1 N–H and O–H groups in total. The number of anilines is 1.